The Balaban J connectivity index is 2.07. The van der Waals surface area contributed by atoms with Crippen LogP contribution in [0.4, 0.5) is 0 Å². The SMILES string of the molecule is CNC(C)N1CC(O)(c2ccccc2)C(c2ccc(O)cc2)=N1. The monoisotopic (exact) mass is 311 g/mol. The fourth-order valence-electron chi connectivity index (χ4n) is 2.79. The smallest absolute Gasteiger partial charge is 0.153 e. The molecule has 2 aromatic rings. The van der Waals surface area contributed by atoms with Crippen molar-refractivity contribution >= 4 is 5.71 Å². The highest BCUT2D eigenvalue weighted by molar-refractivity contribution is 6.08. The molecule has 0 spiro atoms. The van der Waals surface area contributed by atoms with Crippen LogP contribution in [0.5, 0.6) is 5.75 Å². The van der Waals surface area contributed by atoms with E-state index in [-0.39, 0.29) is 11.9 Å². The molecule has 0 aromatic heterocycles. The van der Waals surface area contributed by atoms with Gasteiger partial charge in [-0.2, -0.15) is 5.10 Å². The lowest BCUT2D eigenvalue weighted by atomic mass is 9.86. The highest BCUT2D eigenvalue weighted by Crippen LogP contribution is 2.33. The maximum absolute atomic E-state index is 11.4. The molecule has 2 aromatic carbocycles. The Bertz CT molecular complexity index is 700. The summed E-state index contributed by atoms with van der Waals surface area (Å²) < 4.78 is 0. The number of aromatic hydroxyl groups is 1. The number of nitrogens with one attached hydrogen (secondary N) is 1. The summed E-state index contributed by atoms with van der Waals surface area (Å²) in [6.45, 7) is 2.36. The number of benzene rings is 2. The second-order valence-corrected chi connectivity index (χ2v) is 5.78. The summed E-state index contributed by atoms with van der Waals surface area (Å²) in [4.78, 5) is 0. The van der Waals surface area contributed by atoms with Crippen LogP contribution in [-0.2, 0) is 5.60 Å². The fraction of sp³-hybridized carbons (Fsp3) is 0.278. The maximum atomic E-state index is 11.4. The summed E-state index contributed by atoms with van der Waals surface area (Å²) in [5.74, 6) is 0.191. The third kappa shape index (κ3) is 2.81. The van der Waals surface area contributed by atoms with Crippen molar-refractivity contribution in [3.8, 4) is 5.75 Å². The van der Waals surface area contributed by atoms with Crippen LogP contribution in [0.15, 0.2) is 59.7 Å². The number of hydrogen-bond acceptors (Lipinski definition) is 5. The number of phenols is 1. The number of nitrogens with zero attached hydrogens (tertiary/aromatic N) is 2. The van der Waals surface area contributed by atoms with Gasteiger partial charge in [-0.1, -0.05) is 30.3 Å². The summed E-state index contributed by atoms with van der Waals surface area (Å²) in [5, 5.41) is 30.5. The van der Waals surface area contributed by atoms with E-state index in [0.717, 1.165) is 11.1 Å². The van der Waals surface area contributed by atoms with Crippen LogP contribution in [0.2, 0.25) is 0 Å². The number of phenolic OH excluding ortho intramolecular Hbond substituents is 1. The Morgan fingerprint density at radius 3 is 2.39 bits per heavy atom. The second kappa shape index (κ2) is 6.02. The van der Waals surface area contributed by atoms with Gasteiger partial charge >= 0.3 is 0 Å². The number of hydrazone groups is 1. The van der Waals surface area contributed by atoms with E-state index in [1.165, 1.54) is 0 Å². The molecule has 2 atom stereocenters. The van der Waals surface area contributed by atoms with Gasteiger partial charge in [-0.3, -0.25) is 10.3 Å². The molecule has 0 amide bonds. The summed E-state index contributed by atoms with van der Waals surface area (Å²) in [6.07, 6.45) is -0.000137. The highest BCUT2D eigenvalue weighted by atomic mass is 16.3. The van der Waals surface area contributed by atoms with Gasteiger partial charge in [0, 0.05) is 5.56 Å². The van der Waals surface area contributed by atoms with Crippen LogP contribution in [0.3, 0.4) is 0 Å². The molecule has 5 nitrogen and oxygen atoms in total. The minimum Gasteiger partial charge on any atom is -0.508 e. The lowest BCUT2D eigenvalue weighted by Gasteiger charge is -2.28. The Kier molecular flexibility index (Phi) is 4.07. The number of hydrogen-bond donors (Lipinski definition) is 3. The number of β-amino-alcohol motifs (C(OH)–C–C–N with tert-alkyl or cyclic N) is 1. The van der Waals surface area contributed by atoms with Crippen molar-refractivity contribution in [2.45, 2.75) is 18.7 Å². The van der Waals surface area contributed by atoms with E-state index in [1.54, 1.807) is 24.3 Å². The van der Waals surface area contributed by atoms with Crippen molar-refractivity contribution in [1.29, 1.82) is 0 Å². The molecule has 120 valence electrons. The van der Waals surface area contributed by atoms with Gasteiger partial charge < -0.3 is 10.2 Å². The van der Waals surface area contributed by atoms with Crippen molar-refractivity contribution in [2.75, 3.05) is 13.6 Å². The van der Waals surface area contributed by atoms with Crippen LogP contribution in [-0.4, -0.2) is 40.7 Å². The van der Waals surface area contributed by atoms with Crippen molar-refractivity contribution in [3.05, 3.63) is 65.7 Å². The van der Waals surface area contributed by atoms with Crippen LogP contribution in [0, 0.1) is 0 Å². The predicted molar refractivity (Wildman–Crippen MR) is 90.2 cm³/mol. The molecule has 0 fully saturated rings. The quantitative estimate of drug-likeness (QED) is 0.806. The molecule has 1 heterocycles. The average Bonchev–Trinajstić information content (AvgIpc) is 2.95. The second-order valence-electron chi connectivity index (χ2n) is 5.78. The standard InChI is InChI=1S/C18H21N3O2/c1-13(19-2)21-12-18(23,15-6-4-3-5-7-15)17(20-21)14-8-10-16(22)11-9-14/h3-11,13,19,22-23H,12H2,1-2H3. The van der Waals surface area contributed by atoms with Gasteiger partial charge in [0.2, 0.25) is 0 Å². The molecule has 0 bridgehead atoms. The van der Waals surface area contributed by atoms with Gasteiger partial charge in [0.1, 0.15) is 11.5 Å². The zero-order valence-corrected chi connectivity index (χ0v) is 13.3. The lowest BCUT2D eigenvalue weighted by molar-refractivity contribution is 0.0674. The summed E-state index contributed by atoms with van der Waals surface area (Å²) >= 11 is 0. The third-order valence-electron chi connectivity index (χ3n) is 4.27. The highest BCUT2D eigenvalue weighted by Gasteiger charge is 2.44. The molecule has 0 saturated carbocycles. The lowest BCUT2D eigenvalue weighted by Crippen LogP contribution is -2.43. The van der Waals surface area contributed by atoms with Crippen molar-refractivity contribution < 1.29 is 10.2 Å². The zero-order valence-electron chi connectivity index (χ0n) is 13.3. The molecule has 1 aliphatic rings. The minimum absolute atomic E-state index is 0.000137. The summed E-state index contributed by atoms with van der Waals surface area (Å²) in [5.41, 5.74) is 0.993. The average molecular weight is 311 g/mol. The number of rotatable bonds is 4. The largest absolute Gasteiger partial charge is 0.508 e. The molecule has 0 radical (unpaired) electrons. The first-order valence-electron chi connectivity index (χ1n) is 7.65. The molecule has 2 unspecified atom stereocenters. The van der Waals surface area contributed by atoms with Gasteiger partial charge in [0.05, 0.1) is 12.7 Å². The van der Waals surface area contributed by atoms with Crippen LogP contribution in [0.25, 0.3) is 0 Å². The first-order chi connectivity index (χ1) is 11.0. The first-order valence-corrected chi connectivity index (χ1v) is 7.65. The molecule has 0 aliphatic carbocycles. The fourth-order valence-corrected chi connectivity index (χ4v) is 2.79. The van der Waals surface area contributed by atoms with E-state index in [2.05, 4.69) is 10.4 Å². The van der Waals surface area contributed by atoms with Crippen molar-refractivity contribution in [1.82, 2.24) is 10.3 Å². The minimum atomic E-state index is -1.19. The number of aliphatic hydroxyl groups is 1. The summed E-state index contributed by atoms with van der Waals surface area (Å²) in [6, 6.07) is 16.3. The molecular weight excluding hydrogens is 290 g/mol. The first kappa shape index (κ1) is 15.5. The van der Waals surface area contributed by atoms with Gasteiger partial charge in [0.25, 0.3) is 0 Å². The Hall–Kier alpha value is -2.37. The molecule has 23 heavy (non-hydrogen) atoms. The van der Waals surface area contributed by atoms with Crippen LogP contribution >= 0.6 is 0 Å². The Labute approximate surface area is 135 Å². The van der Waals surface area contributed by atoms with E-state index in [9.17, 15) is 10.2 Å². The van der Waals surface area contributed by atoms with Crippen molar-refractivity contribution in [3.63, 3.8) is 0 Å². The maximum Gasteiger partial charge on any atom is 0.153 e. The molecular formula is C18H21N3O2. The van der Waals surface area contributed by atoms with E-state index in [4.69, 9.17) is 0 Å². The molecule has 5 heteroatoms. The van der Waals surface area contributed by atoms with Gasteiger partial charge in [-0.15, -0.1) is 0 Å². The van der Waals surface area contributed by atoms with Crippen molar-refractivity contribution in [2.24, 2.45) is 5.10 Å². The van der Waals surface area contributed by atoms with Gasteiger partial charge in [0.15, 0.2) is 5.60 Å². The predicted octanol–water partition coefficient (Wildman–Crippen LogP) is 1.87. The van der Waals surface area contributed by atoms with Gasteiger partial charge in [-0.25, -0.2) is 0 Å². The van der Waals surface area contributed by atoms with Crippen LogP contribution in [0.1, 0.15) is 18.1 Å². The topological polar surface area (TPSA) is 68.1 Å². The molecule has 3 rings (SSSR count). The third-order valence-corrected chi connectivity index (χ3v) is 4.27. The van der Waals surface area contributed by atoms with Gasteiger partial charge in [-0.05, 0) is 43.8 Å². The van der Waals surface area contributed by atoms with Crippen LogP contribution < -0.4 is 5.32 Å². The zero-order chi connectivity index (χ0) is 16.4. The molecule has 0 saturated heterocycles. The Morgan fingerprint density at radius 2 is 1.78 bits per heavy atom. The normalized spacial score (nSPS) is 22.0. The van der Waals surface area contributed by atoms with E-state index in [0.29, 0.717) is 12.3 Å². The molecule has 3 N–H and O–H groups in total. The van der Waals surface area contributed by atoms with E-state index >= 15 is 0 Å². The summed E-state index contributed by atoms with van der Waals surface area (Å²) in [7, 11) is 1.86. The van der Waals surface area contributed by atoms with E-state index < -0.39 is 5.60 Å². The molecule has 1 aliphatic heterocycles. The van der Waals surface area contributed by atoms with E-state index in [1.807, 2.05) is 49.3 Å². The Morgan fingerprint density at radius 1 is 1.13 bits per heavy atom.